The van der Waals surface area contributed by atoms with E-state index in [0.29, 0.717) is 0 Å². The van der Waals surface area contributed by atoms with Gasteiger partial charge in [-0.1, -0.05) is 33.6 Å². The largest absolute Gasteiger partial charge is 0.368 e. The smallest absolute Gasteiger partial charge is 0.237 e. The van der Waals surface area contributed by atoms with E-state index in [1.807, 2.05) is 0 Å². The number of nitrogens with two attached hydrogens (primary N) is 2. The summed E-state index contributed by atoms with van der Waals surface area (Å²) in [6.45, 7) is 6.40. The van der Waals surface area contributed by atoms with Crippen LogP contribution in [0.2, 0.25) is 0 Å². The van der Waals surface area contributed by atoms with Gasteiger partial charge in [-0.2, -0.15) is 0 Å². The molecule has 0 heterocycles. The average Bonchev–Trinajstić information content (AvgIpc) is 2.02. The molecule has 0 aromatic heterocycles. The SMILES string of the molecule is CC(C)(C)C1CCCCC1(N)C(N)=O. The van der Waals surface area contributed by atoms with Gasteiger partial charge in [0.2, 0.25) is 5.91 Å². The summed E-state index contributed by atoms with van der Waals surface area (Å²) >= 11 is 0. The van der Waals surface area contributed by atoms with Crippen molar-refractivity contribution in [2.75, 3.05) is 0 Å². The number of hydrogen-bond donors (Lipinski definition) is 2. The molecule has 14 heavy (non-hydrogen) atoms. The normalized spacial score (nSPS) is 34.1. The minimum atomic E-state index is -0.781. The molecule has 3 nitrogen and oxygen atoms in total. The molecule has 1 saturated carbocycles. The van der Waals surface area contributed by atoms with E-state index in [1.165, 1.54) is 0 Å². The molecule has 0 bridgehead atoms. The van der Waals surface area contributed by atoms with Gasteiger partial charge in [-0.05, 0) is 24.2 Å². The fraction of sp³-hybridized carbons (Fsp3) is 0.909. The minimum Gasteiger partial charge on any atom is -0.368 e. The summed E-state index contributed by atoms with van der Waals surface area (Å²) in [6.07, 6.45) is 3.94. The standard InChI is InChI=1S/C11H22N2O/c1-10(2,3)8-6-4-5-7-11(8,13)9(12)14/h8H,4-7,13H2,1-3H3,(H2,12,14). The monoisotopic (exact) mass is 198 g/mol. The van der Waals surface area contributed by atoms with Gasteiger partial charge in [0, 0.05) is 0 Å². The Balaban J connectivity index is 2.95. The van der Waals surface area contributed by atoms with Crippen LogP contribution in [0.3, 0.4) is 0 Å². The van der Waals surface area contributed by atoms with Crippen LogP contribution in [-0.2, 0) is 4.79 Å². The zero-order valence-corrected chi connectivity index (χ0v) is 9.47. The highest BCUT2D eigenvalue weighted by Crippen LogP contribution is 2.42. The van der Waals surface area contributed by atoms with Crippen molar-refractivity contribution in [1.29, 1.82) is 0 Å². The second-order valence-electron chi connectivity index (χ2n) is 5.57. The summed E-state index contributed by atoms with van der Waals surface area (Å²) in [7, 11) is 0. The zero-order chi connectivity index (χ0) is 11.0. The number of carbonyl (C=O) groups is 1. The molecule has 1 rings (SSSR count). The Bertz CT molecular complexity index is 232. The van der Waals surface area contributed by atoms with Crippen molar-refractivity contribution in [3.8, 4) is 0 Å². The molecule has 4 N–H and O–H groups in total. The Morgan fingerprint density at radius 2 is 1.93 bits per heavy atom. The average molecular weight is 198 g/mol. The van der Waals surface area contributed by atoms with Crippen molar-refractivity contribution in [1.82, 2.24) is 0 Å². The van der Waals surface area contributed by atoms with Gasteiger partial charge in [0.15, 0.2) is 0 Å². The van der Waals surface area contributed by atoms with Gasteiger partial charge in [-0.3, -0.25) is 4.79 Å². The van der Waals surface area contributed by atoms with E-state index in [0.717, 1.165) is 25.7 Å². The lowest BCUT2D eigenvalue weighted by atomic mass is 9.62. The summed E-state index contributed by atoms with van der Waals surface area (Å²) in [6, 6.07) is 0. The van der Waals surface area contributed by atoms with Crippen molar-refractivity contribution in [3.63, 3.8) is 0 Å². The summed E-state index contributed by atoms with van der Waals surface area (Å²) in [4.78, 5) is 11.4. The van der Waals surface area contributed by atoms with Crippen LogP contribution in [0.15, 0.2) is 0 Å². The highest BCUT2D eigenvalue weighted by atomic mass is 16.1. The van der Waals surface area contributed by atoms with Crippen LogP contribution < -0.4 is 11.5 Å². The zero-order valence-electron chi connectivity index (χ0n) is 9.47. The highest BCUT2D eigenvalue weighted by molar-refractivity contribution is 5.85. The van der Waals surface area contributed by atoms with Crippen LogP contribution in [0, 0.1) is 11.3 Å². The first-order valence-corrected chi connectivity index (χ1v) is 5.37. The van der Waals surface area contributed by atoms with Gasteiger partial charge in [0.05, 0.1) is 5.54 Å². The number of primary amides is 1. The van der Waals surface area contributed by atoms with E-state index in [2.05, 4.69) is 20.8 Å². The Labute approximate surface area is 86.2 Å². The van der Waals surface area contributed by atoms with Gasteiger partial charge in [-0.25, -0.2) is 0 Å². The molecule has 1 fully saturated rings. The number of amides is 1. The molecule has 0 radical (unpaired) electrons. The van der Waals surface area contributed by atoms with E-state index >= 15 is 0 Å². The van der Waals surface area contributed by atoms with Crippen molar-refractivity contribution in [3.05, 3.63) is 0 Å². The topological polar surface area (TPSA) is 69.1 Å². The summed E-state index contributed by atoms with van der Waals surface area (Å²) in [5, 5.41) is 0. The summed E-state index contributed by atoms with van der Waals surface area (Å²) < 4.78 is 0. The fourth-order valence-corrected chi connectivity index (χ4v) is 2.70. The lowest BCUT2D eigenvalue weighted by molar-refractivity contribution is -0.128. The lowest BCUT2D eigenvalue weighted by Gasteiger charge is -2.45. The first kappa shape index (κ1) is 11.5. The van der Waals surface area contributed by atoms with Crippen LogP contribution in [-0.4, -0.2) is 11.4 Å². The summed E-state index contributed by atoms with van der Waals surface area (Å²) in [5.41, 5.74) is 10.9. The van der Waals surface area contributed by atoms with Crippen LogP contribution >= 0.6 is 0 Å². The maximum atomic E-state index is 11.4. The highest BCUT2D eigenvalue weighted by Gasteiger charge is 2.47. The van der Waals surface area contributed by atoms with Gasteiger partial charge < -0.3 is 11.5 Å². The van der Waals surface area contributed by atoms with Crippen LogP contribution in [0.25, 0.3) is 0 Å². The van der Waals surface area contributed by atoms with Gasteiger partial charge in [-0.15, -0.1) is 0 Å². The Hall–Kier alpha value is -0.570. The molecule has 0 aliphatic heterocycles. The lowest BCUT2D eigenvalue weighted by Crippen LogP contribution is -2.61. The Morgan fingerprint density at radius 3 is 2.29 bits per heavy atom. The molecule has 2 atom stereocenters. The van der Waals surface area contributed by atoms with Crippen molar-refractivity contribution in [2.24, 2.45) is 22.8 Å². The van der Waals surface area contributed by atoms with Crippen LogP contribution in [0.5, 0.6) is 0 Å². The molecule has 82 valence electrons. The molecule has 1 aliphatic carbocycles. The molecule has 0 aromatic rings. The van der Waals surface area contributed by atoms with Crippen molar-refractivity contribution in [2.45, 2.75) is 52.0 Å². The van der Waals surface area contributed by atoms with E-state index < -0.39 is 5.54 Å². The Morgan fingerprint density at radius 1 is 1.36 bits per heavy atom. The van der Waals surface area contributed by atoms with E-state index in [9.17, 15) is 4.79 Å². The number of hydrogen-bond acceptors (Lipinski definition) is 2. The first-order valence-electron chi connectivity index (χ1n) is 5.37. The third-order valence-corrected chi connectivity index (χ3v) is 3.46. The minimum absolute atomic E-state index is 0.0597. The predicted molar refractivity (Wildman–Crippen MR) is 57.5 cm³/mol. The van der Waals surface area contributed by atoms with Crippen molar-refractivity contribution >= 4 is 5.91 Å². The quantitative estimate of drug-likeness (QED) is 0.668. The van der Waals surface area contributed by atoms with E-state index in [-0.39, 0.29) is 17.2 Å². The molecule has 3 heteroatoms. The van der Waals surface area contributed by atoms with E-state index in [1.54, 1.807) is 0 Å². The molecular formula is C11H22N2O. The van der Waals surface area contributed by atoms with Gasteiger partial charge >= 0.3 is 0 Å². The maximum Gasteiger partial charge on any atom is 0.237 e. The van der Waals surface area contributed by atoms with Crippen LogP contribution in [0.4, 0.5) is 0 Å². The fourth-order valence-electron chi connectivity index (χ4n) is 2.70. The molecule has 0 spiro atoms. The first-order chi connectivity index (χ1) is 6.28. The molecule has 0 saturated heterocycles. The molecule has 1 amide bonds. The van der Waals surface area contributed by atoms with E-state index in [4.69, 9.17) is 11.5 Å². The second kappa shape index (κ2) is 3.54. The van der Waals surface area contributed by atoms with Gasteiger partial charge in [0.25, 0.3) is 0 Å². The molecular weight excluding hydrogens is 176 g/mol. The predicted octanol–water partition coefficient (Wildman–Crippen LogP) is 1.41. The summed E-state index contributed by atoms with van der Waals surface area (Å²) in [5.74, 6) is -0.127. The number of rotatable bonds is 1. The molecule has 1 aliphatic rings. The second-order valence-corrected chi connectivity index (χ2v) is 5.57. The Kier molecular flexibility index (Phi) is 2.91. The molecule has 0 aromatic carbocycles. The third kappa shape index (κ3) is 1.92. The van der Waals surface area contributed by atoms with Crippen molar-refractivity contribution < 1.29 is 4.79 Å². The molecule has 2 unspecified atom stereocenters. The maximum absolute atomic E-state index is 11.4. The third-order valence-electron chi connectivity index (χ3n) is 3.46. The van der Waals surface area contributed by atoms with Gasteiger partial charge in [0.1, 0.15) is 0 Å². The van der Waals surface area contributed by atoms with Crippen LogP contribution in [0.1, 0.15) is 46.5 Å². The number of carbonyl (C=O) groups excluding carboxylic acids is 1.